The Bertz CT molecular complexity index is 1190. The Morgan fingerprint density at radius 3 is 2.68 bits per heavy atom. The van der Waals surface area contributed by atoms with Crippen LogP contribution >= 0.6 is 11.3 Å². The summed E-state index contributed by atoms with van der Waals surface area (Å²) in [6.07, 6.45) is 1.87. The Morgan fingerprint density at radius 2 is 1.89 bits per heavy atom. The monoisotopic (exact) mass is 395 g/mol. The first kappa shape index (κ1) is 17.1. The molecule has 0 N–H and O–H groups in total. The standard InChI is InChI=1S/C20H18FN5OS/c1-13-18(26-8-3-2-7-16(26)22-13)19(27)24-9-11-25(12-10-24)20-23-17-14(21)5-4-6-15(17)28-20/h2-8H,9-12H2,1H3. The largest absolute Gasteiger partial charge is 0.345 e. The van der Waals surface area contributed by atoms with E-state index >= 15 is 0 Å². The highest BCUT2D eigenvalue weighted by Crippen LogP contribution is 2.30. The summed E-state index contributed by atoms with van der Waals surface area (Å²) in [4.78, 5) is 26.0. The second-order valence-electron chi connectivity index (χ2n) is 6.84. The maximum atomic E-state index is 13.9. The zero-order chi connectivity index (χ0) is 19.3. The van der Waals surface area contributed by atoms with Gasteiger partial charge in [-0.1, -0.05) is 23.5 Å². The molecule has 1 saturated heterocycles. The summed E-state index contributed by atoms with van der Waals surface area (Å²) < 4.78 is 16.6. The molecule has 0 atom stereocenters. The summed E-state index contributed by atoms with van der Waals surface area (Å²) >= 11 is 1.49. The Labute approximate surface area is 164 Å². The fraction of sp³-hybridized carbons (Fsp3) is 0.250. The predicted octanol–water partition coefficient (Wildman–Crippen LogP) is 3.35. The van der Waals surface area contributed by atoms with Crippen molar-refractivity contribution in [3.05, 3.63) is 59.8 Å². The lowest BCUT2D eigenvalue weighted by Gasteiger charge is -2.34. The van der Waals surface area contributed by atoms with Crippen LogP contribution in [0.4, 0.5) is 9.52 Å². The van der Waals surface area contributed by atoms with Crippen LogP contribution in [0.3, 0.4) is 0 Å². The number of hydrogen-bond donors (Lipinski definition) is 0. The lowest BCUT2D eigenvalue weighted by Crippen LogP contribution is -2.49. The number of aromatic nitrogens is 3. The molecule has 0 bridgehead atoms. The van der Waals surface area contributed by atoms with Crippen LogP contribution in [-0.4, -0.2) is 51.4 Å². The highest BCUT2D eigenvalue weighted by Gasteiger charge is 2.27. The molecule has 4 aromatic rings. The Balaban J connectivity index is 1.35. The van der Waals surface area contributed by atoms with Gasteiger partial charge in [-0.3, -0.25) is 9.20 Å². The molecule has 0 aliphatic carbocycles. The first-order valence-electron chi connectivity index (χ1n) is 9.15. The number of piperazine rings is 1. The topological polar surface area (TPSA) is 53.7 Å². The summed E-state index contributed by atoms with van der Waals surface area (Å²) in [5.41, 5.74) is 2.55. The number of para-hydroxylation sites is 1. The summed E-state index contributed by atoms with van der Waals surface area (Å²) in [5, 5.41) is 0.804. The van der Waals surface area contributed by atoms with Gasteiger partial charge in [0.05, 0.1) is 10.4 Å². The van der Waals surface area contributed by atoms with Gasteiger partial charge in [0.1, 0.15) is 22.7 Å². The quantitative estimate of drug-likeness (QED) is 0.522. The van der Waals surface area contributed by atoms with Crippen LogP contribution in [0.15, 0.2) is 42.6 Å². The highest BCUT2D eigenvalue weighted by molar-refractivity contribution is 7.22. The minimum atomic E-state index is -0.295. The van der Waals surface area contributed by atoms with E-state index in [0.29, 0.717) is 37.4 Å². The van der Waals surface area contributed by atoms with Gasteiger partial charge in [0.15, 0.2) is 5.13 Å². The molecule has 6 nitrogen and oxygen atoms in total. The van der Waals surface area contributed by atoms with Crippen LogP contribution in [-0.2, 0) is 0 Å². The van der Waals surface area contributed by atoms with Crippen molar-refractivity contribution in [2.24, 2.45) is 0 Å². The Morgan fingerprint density at radius 1 is 1.07 bits per heavy atom. The minimum Gasteiger partial charge on any atom is -0.345 e. The molecule has 1 aliphatic rings. The van der Waals surface area contributed by atoms with Gasteiger partial charge in [0, 0.05) is 32.4 Å². The van der Waals surface area contributed by atoms with E-state index in [2.05, 4.69) is 14.9 Å². The molecule has 3 aromatic heterocycles. The average Bonchev–Trinajstić information content (AvgIpc) is 3.29. The van der Waals surface area contributed by atoms with Crippen molar-refractivity contribution < 1.29 is 9.18 Å². The minimum absolute atomic E-state index is 0.00815. The SMILES string of the molecule is Cc1nc2ccccn2c1C(=O)N1CCN(c2nc3c(F)cccc3s2)CC1. The number of imidazole rings is 1. The second-order valence-corrected chi connectivity index (χ2v) is 7.85. The summed E-state index contributed by atoms with van der Waals surface area (Å²) in [6.45, 7) is 4.39. The number of hydrogen-bond acceptors (Lipinski definition) is 5. The Kier molecular flexibility index (Phi) is 4.01. The second kappa shape index (κ2) is 6.56. The van der Waals surface area contributed by atoms with Crippen molar-refractivity contribution in [3.8, 4) is 0 Å². The van der Waals surface area contributed by atoms with E-state index in [9.17, 15) is 9.18 Å². The van der Waals surface area contributed by atoms with Crippen molar-refractivity contribution in [1.82, 2.24) is 19.3 Å². The average molecular weight is 395 g/mol. The van der Waals surface area contributed by atoms with Crippen molar-refractivity contribution in [1.29, 1.82) is 0 Å². The molecular weight excluding hydrogens is 377 g/mol. The lowest BCUT2D eigenvalue weighted by molar-refractivity contribution is 0.0739. The Hall–Kier alpha value is -3.00. The molecule has 0 radical (unpaired) electrons. The zero-order valence-electron chi connectivity index (χ0n) is 15.3. The predicted molar refractivity (Wildman–Crippen MR) is 108 cm³/mol. The molecule has 0 spiro atoms. The van der Waals surface area contributed by atoms with Gasteiger partial charge in [0.2, 0.25) is 0 Å². The van der Waals surface area contributed by atoms with Crippen molar-refractivity contribution >= 4 is 38.2 Å². The molecule has 28 heavy (non-hydrogen) atoms. The van der Waals surface area contributed by atoms with Crippen LogP contribution in [0.2, 0.25) is 0 Å². The number of carbonyl (C=O) groups is 1. The number of carbonyl (C=O) groups excluding carboxylic acids is 1. The molecule has 8 heteroatoms. The molecule has 0 saturated carbocycles. The number of nitrogens with zero attached hydrogens (tertiary/aromatic N) is 5. The maximum Gasteiger partial charge on any atom is 0.272 e. The van der Waals surface area contributed by atoms with Crippen LogP contribution in [0, 0.1) is 12.7 Å². The number of aryl methyl sites for hydroxylation is 1. The summed E-state index contributed by atoms with van der Waals surface area (Å²) in [7, 11) is 0. The number of rotatable bonds is 2. The molecule has 1 fully saturated rings. The fourth-order valence-corrected chi connectivity index (χ4v) is 4.69. The van der Waals surface area contributed by atoms with Crippen molar-refractivity contribution in [2.75, 3.05) is 31.1 Å². The normalized spacial score (nSPS) is 14.9. The van der Waals surface area contributed by atoms with Gasteiger partial charge in [-0.05, 0) is 31.2 Å². The zero-order valence-corrected chi connectivity index (χ0v) is 16.1. The smallest absolute Gasteiger partial charge is 0.272 e. The molecule has 0 unspecified atom stereocenters. The van der Waals surface area contributed by atoms with Crippen molar-refractivity contribution in [2.45, 2.75) is 6.92 Å². The molecular formula is C20H18FN5OS. The molecule has 1 amide bonds. The first-order valence-corrected chi connectivity index (χ1v) is 9.96. The molecule has 5 rings (SSSR count). The fourth-order valence-electron chi connectivity index (χ4n) is 3.66. The van der Waals surface area contributed by atoms with Gasteiger partial charge in [-0.25, -0.2) is 14.4 Å². The van der Waals surface area contributed by atoms with Gasteiger partial charge in [-0.2, -0.15) is 0 Å². The number of amides is 1. The first-order chi connectivity index (χ1) is 13.6. The number of anilines is 1. The molecule has 1 aromatic carbocycles. The van der Waals surface area contributed by atoms with Crippen LogP contribution < -0.4 is 4.90 Å². The third kappa shape index (κ3) is 2.72. The van der Waals surface area contributed by atoms with Crippen molar-refractivity contribution in [3.63, 3.8) is 0 Å². The van der Waals surface area contributed by atoms with Gasteiger partial charge < -0.3 is 9.80 Å². The van der Waals surface area contributed by atoms with E-state index in [-0.39, 0.29) is 11.7 Å². The van der Waals surface area contributed by atoms with E-state index < -0.39 is 0 Å². The van der Waals surface area contributed by atoms with Crippen LogP contribution in [0.1, 0.15) is 16.2 Å². The van der Waals surface area contributed by atoms with E-state index in [4.69, 9.17) is 0 Å². The lowest BCUT2D eigenvalue weighted by atomic mass is 10.2. The van der Waals surface area contributed by atoms with Gasteiger partial charge in [0.25, 0.3) is 5.91 Å². The number of benzene rings is 1. The summed E-state index contributed by atoms with van der Waals surface area (Å²) in [5.74, 6) is -0.303. The third-order valence-corrected chi connectivity index (χ3v) is 6.18. The third-order valence-electron chi connectivity index (χ3n) is 5.10. The maximum absolute atomic E-state index is 13.9. The summed E-state index contributed by atoms with van der Waals surface area (Å²) in [6, 6.07) is 10.7. The molecule has 142 valence electrons. The van der Waals surface area contributed by atoms with Crippen LogP contribution in [0.5, 0.6) is 0 Å². The number of halogens is 1. The van der Waals surface area contributed by atoms with E-state index in [1.165, 1.54) is 17.4 Å². The van der Waals surface area contributed by atoms with Gasteiger partial charge >= 0.3 is 0 Å². The van der Waals surface area contributed by atoms with Gasteiger partial charge in [-0.15, -0.1) is 0 Å². The van der Waals surface area contributed by atoms with Crippen LogP contribution in [0.25, 0.3) is 15.9 Å². The van der Waals surface area contributed by atoms with E-state index in [1.807, 2.05) is 46.7 Å². The number of thiazole rings is 1. The number of pyridine rings is 1. The highest BCUT2D eigenvalue weighted by atomic mass is 32.1. The van der Waals surface area contributed by atoms with E-state index in [1.54, 1.807) is 6.07 Å². The number of fused-ring (bicyclic) bond motifs is 2. The van der Waals surface area contributed by atoms with E-state index in [0.717, 1.165) is 21.2 Å². The molecule has 4 heterocycles. The molecule has 1 aliphatic heterocycles.